The molecular weight excluding hydrogens is 229 g/mol. The van der Waals surface area contributed by atoms with Gasteiger partial charge in [-0.25, -0.2) is 4.39 Å². The van der Waals surface area contributed by atoms with Crippen LogP contribution in [0.4, 0.5) is 4.39 Å². The number of hydrogen-bond donors (Lipinski definition) is 1. The van der Waals surface area contributed by atoms with Gasteiger partial charge < -0.3 is 10.1 Å². The minimum atomic E-state index is -0.153. The van der Waals surface area contributed by atoms with Gasteiger partial charge in [0.05, 0.1) is 6.10 Å². The number of nitrogens with one attached hydrogen (secondary N) is 1. The summed E-state index contributed by atoms with van der Waals surface area (Å²) in [6, 6.07) is 7.74. The van der Waals surface area contributed by atoms with Gasteiger partial charge in [0.1, 0.15) is 5.82 Å². The van der Waals surface area contributed by atoms with Crippen LogP contribution in [0.3, 0.4) is 0 Å². The molecular formula is C15H22FNO. The molecule has 1 aromatic carbocycles. The van der Waals surface area contributed by atoms with Gasteiger partial charge in [-0.1, -0.05) is 12.1 Å². The number of benzene rings is 1. The molecule has 1 aromatic rings. The van der Waals surface area contributed by atoms with E-state index in [-0.39, 0.29) is 5.82 Å². The van der Waals surface area contributed by atoms with Crippen LogP contribution < -0.4 is 5.32 Å². The van der Waals surface area contributed by atoms with Crippen LogP contribution >= 0.6 is 0 Å². The number of halogens is 1. The Hall–Kier alpha value is -0.930. The molecule has 100 valence electrons. The van der Waals surface area contributed by atoms with Crippen LogP contribution in [0.1, 0.15) is 32.3 Å². The van der Waals surface area contributed by atoms with Crippen molar-refractivity contribution in [2.45, 2.75) is 51.3 Å². The predicted molar refractivity (Wildman–Crippen MR) is 71.1 cm³/mol. The molecule has 0 aromatic heterocycles. The third-order valence-corrected chi connectivity index (χ3v) is 3.44. The zero-order valence-corrected chi connectivity index (χ0v) is 11.2. The van der Waals surface area contributed by atoms with Gasteiger partial charge in [-0.2, -0.15) is 0 Å². The molecule has 3 atom stereocenters. The number of hydrogen-bond acceptors (Lipinski definition) is 2. The summed E-state index contributed by atoms with van der Waals surface area (Å²) in [4.78, 5) is 0. The molecule has 3 unspecified atom stereocenters. The van der Waals surface area contributed by atoms with Crippen LogP contribution in [0, 0.1) is 5.82 Å². The van der Waals surface area contributed by atoms with Crippen LogP contribution in [0.25, 0.3) is 0 Å². The molecule has 0 aliphatic carbocycles. The summed E-state index contributed by atoms with van der Waals surface area (Å²) in [6.45, 7) is 5.11. The Kier molecular flexibility index (Phi) is 4.72. The first kappa shape index (κ1) is 13.5. The van der Waals surface area contributed by atoms with Crippen molar-refractivity contribution < 1.29 is 9.13 Å². The van der Waals surface area contributed by atoms with Crippen molar-refractivity contribution in [2.75, 3.05) is 6.61 Å². The lowest BCUT2D eigenvalue weighted by Gasteiger charge is -2.30. The van der Waals surface area contributed by atoms with E-state index in [4.69, 9.17) is 4.74 Å². The summed E-state index contributed by atoms with van der Waals surface area (Å²) in [5, 5.41) is 3.61. The van der Waals surface area contributed by atoms with E-state index in [2.05, 4.69) is 19.2 Å². The maximum Gasteiger partial charge on any atom is 0.123 e. The lowest BCUT2D eigenvalue weighted by Crippen LogP contribution is -2.43. The molecule has 2 rings (SSSR count). The van der Waals surface area contributed by atoms with E-state index in [0.717, 1.165) is 31.4 Å². The van der Waals surface area contributed by atoms with Gasteiger partial charge in [0, 0.05) is 18.7 Å². The molecule has 0 saturated carbocycles. The summed E-state index contributed by atoms with van der Waals surface area (Å²) in [7, 11) is 0. The average molecular weight is 251 g/mol. The van der Waals surface area contributed by atoms with Crippen LogP contribution in [0.15, 0.2) is 24.3 Å². The molecule has 3 heteroatoms. The van der Waals surface area contributed by atoms with Gasteiger partial charge in [0.15, 0.2) is 0 Å². The molecule has 0 amide bonds. The Balaban J connectivity index is 1.82. The van der Waals surface area contributed by atoms with Gasteiger partial charge in [-0.15, -0.1) is 0 Å². The van der Waals surface area contributed by atoms with Crippen LogP contribution in [-0.2, 0) is 11.2 Å². The van der Waals surface area contributed by atoms with Crippen LogP contribution in [0.2, 0.25) is 0 Å². The zero-order valence-electron chi connectivity index (χ0n) is 11.2. The summed E-state index contributed by atoms with van der Waals surface area (Å²) < 4.78 is 18.6. The summed E-state index contributed by atoms with van der Waals surface area (Å²) in [5.74, 6) is -0.153. The second kappa shape index (κ2) is 6.30. The standard InChI is InChI=1S/C15H22FNO/c1-11(8-13-4-3-5-14(16)10-13)17-15-6-7-18-12(2)9-15/h3-5,10-12,15,17H,6-9H2,1-2H3. The number of ether oxygens (including phenoxy) is 1. The number of rotatable bonds is 4. The maximum atomic E-state index is 13.1. The zero-order chi connectivity index (χ0) is 13.0. The minimum absolute atomic E-state index is 0.153. The van der Waals surface area contributed by atoms with Crippen molar-refractivity contribution in [1.82, 2.24) is 5.32 Å². The normalized spacial score (nSPS) is 25.9. The quantitative estimate of drug-likeness (QED) is 0.888. The van der Waals surface area contributed by atoms with E-state index in [9.17, 15) is 4.39 Å². The second-order valence-electron chi connectivity index (χ2n) is 5.30. The maximum absolute atomic E-state index is 13.1. The molecule has 1 fully saturated rings. The molecule has 1 saturated heterocycles. The Bertz CT molecular complexity index is 383. The lowest BCUT2D eigenvalue weighted by molar-refractivity contribution is 0.0116. The van der Waals surface area contributed by atoms with Crippen molar-refractivity contribution >= 4 is 0 Å². The summed E-state index contributed by atoms with van der Waals surface area (Å²) in [6.07, 6.45) is 3.34. The highest BCUT2D eigenvalue weighted by Gasteiger charge is 2.20. The highest BCUT2D eigenvalue weighted by atomic mass is 19.1. The first-order valence-corrected chi connectivity index (χ1v) is 6.75. The summed E-state index contributed by atoms with van der Waals surface area (Å²) >= 11 is 0. The van der Waals surface area contributed by atoms with Crippen LogP contribution in [-0.4, -0.2) is 24.8 Å². The van der Waals surface area contributed by atoms with Crippen molar-refractivity contribution in [3.8, 4) is 0 Å². The average Bonchev–Trinajstić information content (AvgIpc) is 2.28. The van der Waals surface area contributed by atoms with Crippen LogP contribution in [0.5, 0.6) is 0 Å². The first-order chi connectivity index (χ1) is 8.63. The molecule has 0 bridgehead atoms. The molecule has 18 heavy (non-hydrogen) atoms. The first-order valence-electron chi connectivity index (χ1n) is 6.75. The Morgan fingerprint density at radius 1 is 1.50 bits per heavy atom. The van der Waals surface area contributed by atoms with Gasteiger partial charge in [-0.05, 0) is 50.8 Å². The fraction of sp³-hybridized carbons (Fsp3) is 0.600. The molecule has 1 N–H and O–H groups in total. The fourth-order valence-corrected chi connectivity index (χ4v) is 2.63. The monoisotopic (exact) mass is 251 g/mol. The van der Waals surface area contributed by atoms with Gasteiger partial charge in [0.25, 0.3) is 0 Å². The molecule has 0 radical (unpaired) electrons. The molecule has 1 aliphatic rings. The van der Waals surface area contributed by atoms with Crippen molar-refractivity contribution in [1.29, 1.82) is 0 Å². The highest BCUT2D eigenvalue weighted by molar-refractivity contribution is 5.17. The minimum Gasteiger partial charge on any atom is -0.378 e. The molecule has 0 spiro atoms. The van der Waals surface area contributed by atoms with Gasteiger partial charge in [-0.3, -0.25) is 0 Å². The third-order valence-electron chi connectivity index (χ3n) is 3.44. The van der Waals surface area contributed by atoms with E-state index in [1.807, 2.05) is 6.07 Å². The van der Waals surface area contributed by atoms with Crippen molar-refractivity contribution in [3.05, 3.63) is 35.6 Å². The molecule has 1 heterocycles. The van der Waals surface area contributed by atoms with E-state index >= 15 is 0 Å². The van der Waals surface area contributed by atoms with E-state index in [0.29, 0.717) is 18.2 Å². The topological polar surface area (TPSA) is 21.3 Å². The van der Waals surface area contributed by atoms with Gasteiger partial charge >= 0.3 is 0 Å². The Morgan fingerprint density at radius 2 is 2.33 bits per heavy atom. The predicted octanol–water partition coefficient (Wildman–Crippen LogP) is 2.91. The fourth-order valence-electron chi connectivity index (χ4n) is 2.63. The SMILES string of the molecule is CC(Cc1cccc(F)c1)NC1CCOC(C)C1. The van der Waals surface area contributed by atoms with E-state index < -0.39 is 0 Å². The third kappa shape index (κ3) is 4.07. The highest BCUT2D eigenvalue weighted by Crippen LogP contribution is 2.15. The van der Waals surface area contributed by atoms with E-state index in [1.54, 1.807) is 12.1 Å². The van der Waals surface area contributed by atoms with Gasteiger partial charge in [0.2, 0.25) is 0 Å². The summed E-state index contributed by atoms with van der Waals surface area (Å²) in [5.41, 5.74) is 1.05. The smallest absolute Gasteiger partial charge is 0.123 e. The van der Waals surface area contributed by atoms with Crippen molar-refractivity contribution in [2.24, 2.45) is 0 Å². The second-order valence-corrected chi connectivity index (χ2v) is 5.30. The van der Waals surface area contributed by atoms with Crippen molar-refractivity contribution in [3.63, 3.8) is 0 Å². The van der Waals surface area contributed by atoms with E-state index in [1.165, 1.54) is 6.07 Å². The largest absolute Gasteiger partial charge is 0.378 e. The Labute approximate surface area is 109 Å². The molecule has 2 nitrogen and oxygen atoms in total. The lowest BCUT2D eigenvalue weighted by atomic mass is 10.0. The Morgan fingerprint density at radius 3 is 3.06 bits per heavy atom. The molecule has 1 aliphatic heterocycles.